The minimum absolute atomic E-state index is 0.155. The molecule has 0 saturated heterocycles. The van der Waals surface area contributed by atoms with Crippen LogP contribution in [0.5, 0.6) is 5.75 Å². The lowest BCUT2D eigenvalue weighted by Gasteiger charge is -2.15. The summed E-state index contributed by atoms with van der Waals surface area (Å²) in [6.45, 7) is 7.75. The fourth-order valence-electron chi connectivity index (χ4n) is 2.48. The van der Waals surface area contributed by atoms with Crippen molar-refractivity contribution in [1.29, 1.82) is 0 Å². The van der Waals surface area contributed by atoms with Crippen molar-refractivity contribution < 1.29 is 18.4 Å². The van der Waals surface area contributed by atoms with Crippen molar-refractivity contribution >= 4 is 16.5 Å². The smallest absolute Gasteiger partial charge is 0.387 e. The zero-order chi connectivity index (χ0) is 17.5. The van der Waals surface area contributed by atoms with Gasteiger partial charge in [0.05, 0.1) is 31.9 Å². The van der Waals surface area contributed by atoms with Crippen LogP contribution in [-0.2, 0) is 0 Å². The molecule has 0 fully saturated rings. The molecule has 1 heterocycles. The van der Waals surface area contributed by atoms with Gasteiger partial charge >= 0.3 is 6.61 Å². The summed E-state index contributed by atoms with van der Waals surface area (Å²) in [6, 6.07) is 6.58. The van der Waals surface area contributed by atoms with E-state index in [1.54, 1.807) is 28.4 Å². The van der Waals surface area contributed by atoms with Crippen LogP contribution in [0.2, 0.25) is 0 Å². The number of alkyl halides is 2. The lowest BCUT2D eigenvalue weighted by Crippen LogP contribution is -3.12. The van der Waals surface area contributed by atoms with Gasteiger partial charge in [0.2, 0.25) is 0 Å². The third-order valence-corrected chi connectivity index (χ3v) is 4.83. The molecule has 0 aliphatic carbocycles. The van der Waals surface area contributed by atoms with Crippen LogP contribution in [0, 0.1) is 6.92 Å². The Morgan fingerprint density at radius 3 is 2.46 bits per heavy atom. The van der Waals surface area contributed by atoms with E-state index in [1.807, 2.05) is 6.92 Å². The molecular formula is C17H24F2N3OS+. The second-order valence-electron chi connectivity index (χ2n) is 5.46. The van der Waals surface area contributed by atoms with Crippen molar-refractivity contribution in [2.24, 2.45) is 0 Å². The fraction of sp³-hybridized carbons (Fsp3) is 0.471. The van der Waals surface area contributed by atoms with Crippen molar-refractivity contribution in [2.45, 2.75) is 27.4 Å². The van der Waals surface area contributed by atoms with Gasteiger partial charge in [0, 0.05) is 10.4 Å². The lowest BCUT2D eigenvalue weighted by molar-refractivity contribution is -0.894. The highest BCUT2D eigenvalue weighted by molar-refractivity contribution is 7.16. The van der Waals surface area contributed by atoms with Crippen LogP contribution >= 0.6 is 11.3 Å². The maximum Gasteiger partial charge on any atom is 0.387 e. The highest BCUT2D eigenvalue weighted by Crippen LogP contribution is 2.31. The van der Waals surface area contributed by atoms with Crippen molar-refractivity contribution in [3.63, 3.8) is 0 Å². The normalized spacial score (nSPS) is 11.3. The second kappa shape index (κ2) is 8.94. The van der Waals surface area contributed by atoms with Crippen molar-refractivity contribution in [3.05, 3.63) is 29.1 Å². The summed E-state index contributed by atoms with van der Waals surface area (Å²) in [5.74, 6) is 0.155. The van der Waals surface area contributed by atoms with E-state index < -0.39 is 6.61 Å². The van der Waals surface area contributed by atoms with Crippen LogP contribution in [-0.4, -0.2) is 37.8 Å². The van der Waals surface area contributed by atoms with E-state index in [4.69, 9.17) is 0 Å². The van der Waals surface area contributed by atoms with Gasteiger partial charge in [0.1, 0.15) is 5.75 Å². The van der Waals surface area contributed by atoms with Crippen LogP contribution in [0.1, 0.15) is 18.7 Å². The quantitative estimate of drug-likeness (QED) is 0.725. The Bertz CT molecular complexity index is 627. The summed E-state index contributed by atoms with van der Waals surface area (Å²) < 4.78 is 28.8. The predicted molar refractivity (Wildman–Crippen MR) is 94.3 cm³/mol. The Labute approximate surface area is 145 Å². The summed E-state index contributed by atoms with van der Waals surface area (Å²) >= 11 is 1.61. The molecule has 0 aliphatic heterocycles. The first-order valence-electron chi connectivity index (χ1n) is 8.13. The largest absolute Gasteiger partial charge is 0.435 e. The van der Waals surface area contributed by atoms with Crippen molar-refractivity contribution in [1.82, 2.24) is 4.98 Å². The first kappa shape index (κ1) is 18.6. The Morgan fingerprint density at radius 2 is 1.88 bits per heavy atom. The number of anilines is 1. The number of nitrogens with one attached hydrogen (secondary N) is 2. The third kappa shape index (κ3) is 5.14. The van der Waals surface area contributed by atoms with Gasteiger partial charge in [0.25, 0.3) is 0 Å². The molecule has 0 radical (unpaired) electrons. The van der Waals surface area contributed by atoms with E-state index in [2.05, 4.69) is 28.9 Å². The number of hydrogen-bond acceptors (Lipinski definition) is 4. The summed E-state index contributed by atoms with van der Waals surface area (Å²) in [4.78, 5) is 7.27. The molecule has 1 aromatic carbocycles. The molecule has 4 nitrogen and oxygen atoms in total. The topological polar surface area (TPSA) is 38.6 Å². The maximum atomic E-state index is 12.2. The molecule has 0 aliphatic rings. The van der Waals surface area contributed by atoms with Gasteiger partial charge in [-0.3, -0.25) is 0 Å². The zero-order valence-corrected chi connectivity index (χ0v) is 15.1. The van der Waals surface area contributed by atoms with Crippen LogP contribution in [0.4, 0.5) is 13.9 Å². The molecular weight excluding hydrogens is 332 g/mol. The Kier molecular flexibility index (Phi) is 6.93. The number of benzene rings is 1. The number of likely N-dealkylation sites (N-methyl/N-ethyl adjacent to an activating group) is 1. The number of halogens is 2. The first-order chi connectivity index (χ1) is 11.5. The van der Waals surface area contributed by atoms with Crippen LogP contribution in [0.25, 0.3) is 11.3 Å². The van der Waals surface area contributed by atoms with Gasteiger partial charge in [-0.2, -0.15) is 8.78 Å². The van der Waals surface area contributed by atoms with Gasteiger partial charge in [-0.05, 0) is 45.0 Å². The number of rotatable bonds is 9. The van der Waals surface area contributed by atoms with Crippen LogP contribution in [0.15, 0.2) is 24.3 Å². The van der Waals surface area contributed by atoms with Gasteiger partial charge in [-0.1, -0.05) is 0 Å². The Balaban J connectivity index is 2.00. The Hall–Kier alpha value is -1.73. The number of aromatic nitrogens is 1. The van der Waals surface area contributed by atoms with Gasteiger partial charge < -0.3 is 15.0 Å². The molecule has 2 N–H and O–H groups in total. The van der Waals surface area contributed by atoms with Crippen molar-refractivity contribution in [2.75, 3.05) is 31.5 Å². The van der Waals surface area contributed by atoms with Gasteiger partial charge in [0.15, 0.2) is 5.13 Å². The third-order valence-electron chi connectivity index (χ3n) is 3.90. The molecule has 7 heteroatoms. The van der Waals surface area contributed by atoms with Gasteiger partial charge in [-0.25, -0.2) is 4.98 Å². The number of nitrogens with zero attached hydrogens (tertiary/aromatic N) is 1. The summed E-state index contributed by atoms with van der Waals surface area (Å²) in [5.41, 5.74) is 1.77. The molecule has 0 atom stereocenters. The molecule has 2 aromatic rings. The van der Waals surface area contributed by atoms with E-state index in [0.717, 1.165) is 47.4 Å². The highest BCUT2D eigenvalue weighted by Gasteiger charge is 2.11. The molecule has 0 unspecified atom stereocenters. The predicted octanol–water partition coefficient (Wildman–Crippen LogP) is 3.06. The van der Waals surface area contributed by atoms with E-state index >= 15 is 0 Å². The molecule has 2 rings (SSSR count). The van der Waals surface area contributed by atoms with E-state index in [9.17, 15) is 8.78 Å². The Morgan fingerprint density at radius 1 is 1.21 bits per heavy atom. The monoisotopic (exact) mass is 356 g/mol. The van der Waals surface area contributed by atoms with Gasteiger partial charge in [-0.15, -0.1) is 11.3 Å². The molecule has 24 heavy (non-hydrogen) atoms. The average Bonchev–Trinajstić information content (AvgIpc) is 2.92. The molecule has 0 bridgehead atoms. The molecule has 0 spiro atoms. The molecule has 0 saturated carbocycles. The minimum Gasteiger partial charge on any atom is -0.435 e. The number of thiazole rings is 1. The van der Waals surface area contributed by atoms with Crippen LogP contribution in [0.3, 0.4) is 0 Å². The minimum atomic E-state index is -2.81. The second-order valence-corrected chi connectivity index (χ2v) is 6.66. The SMILES string of the molecule is CC[NH+](CC)CCNc1nc(-c2ccc(OC(F)F)cc2)c(C)s1. The number of quaternary nitrogens is 1. The first-order valence-corrected chi connectivity index (χ1v) is 8.95. The summed E-state index contributed by atoms with van der Waals surface area (Å²) in [6.07, 6.45) is 0. The average molecular weight is 356 g/mol. The molecule has 0 amide bonds. The molecule has 132 valence electrons. The fourth-order valence-corrected chi connectivity index (χ4v) is 3.35. The number of aryl methyl sites for hydroxylation is 1. The van der Waals surface area contributed by atoms with Crippen molar-refractivity contribution in [3.8, 4) is 17.0 Å². The number of ether oxygens (including phenoxy) is 1. The van der Waals surface area contributed by atoms with E-state index in [-0.39, 0.29) is 5.75 Å². The lowest BCUT2D eigenvalue weighted by atomic mass is 10.1. The summed E-state index contributed by atoms with van der Waals surface area (Å²) in [7, 11) is 0. The van der Waals surface area contributed by atoms with E-state index in [1.165, 1.54) is 12.1 Å². The van der Waals surface area contributed by atoms with E-state index in [0.29, 0.717) is 0 Å². The molecule has 1 aromatic heterocycles. The summed E-state index contributed by atoms with van der Waals surface area (Å²) in [5, 5.41) is 4.27. The number of hydrogen-bond donors (Lipinski definition) is 2. The maximum absolute atomic E-state index is 12.2. The van der Waals surface area contributed by atoms with Crippen LogP contribution < -0.4 is 15.0 Å². The highest BCUT2D eigenvalue weighted by atomic mass is 32.1. The standard InChI is InChI=1S/C17H23F2N3OS/c1-4-22(5-2)11-10-20-17-21-15(12(3)24-17)13-6-8-14(9-7-13)23-16(18)19/h6-9,16H,4-5,10-11H2,1-3H3,(H,20,21)/p+1. The zero-order valence-electron chi connectivity index (χ0n) is 14.2.